The van der Waals surface area contributed by atoms with Crippen molar-refractivity contribution in [2.45, 2.75) is 19.4 Å². The third-order valence-corrected chi connectivity index (χ3v) is 6.62. The number of methoxy groups -OCH3 is 1. The highest BCUT2D eigenvalue weighted by atomic mass is 35.5. The van der Waals surface area contributed by atoms with Gasteiger partial charge in [0.1, 0.15) is 5.75 Å². The van der Waals surface area contributed by atoms with Crippen molar-refractivity contribution in [3.8, 4) is 16.9 Å². The molecule has 1 aliphatic heterocycles. The second kappa shape index (κ2) is 10.7. The number of amides is 1. The van der Waals surface area contributed by atoms with Crippen molar-refractivity contribution in [3.63, 3.8) is 0 Å². The molecule has 4 rings (SSSR count). The number of nitrogens with one attached hydrogen (secondary N) is 1. The Balaban J connectivity index is 1.25. The minimum atomic E-state index is -0.185. The summed E-state index contributed by atoms with van der Waals surface area (Å²) in [5.41, 5.74) is 10.4. The van der Waals surface area contributed by atoms with E-state index in [1.807, 2.05) is 6.07 Å². The number of halogens is 1. The van der Waals surface area contributed by atoms with Crippen molar-refractivity contribution >= 4 is 23.2 Å². The van der Waals surface area contributed by atoms with E-state index in [2.05, 4.69) is 58.7 Å². The molecule has 0 aliphatic carbocycles. The van der Waals surface area contributed by atoms with Crippen molar-refractivity contribution < 1.29 is 9.53 Å². The van der Waals surface area contributed by atoms with Gasteiger partial charge in [0.25, 0.3) is 5.91 Å². The number of carbonyl (C=O) groups is 1. The number of likely N-dealkylation sites (tertiary alicyclic amines) is 1. The summed E-state index contributed by atoms with van der Waals surface area (Å²) in [4.78, 5) is 15.1. The topological polar surface area (TPSA) is 67.6 Å². The lowest BCUT2D eigenvalue weighted by Crippen LogP contribution is -2.38. The van der Waals surface area contributed by atoms with Crippen LogP contribution in [0.15, 0.2) is 66.7 Å². The Bertz CT molecular complexity index is 1080. The lowest BCUT2D eigenvalue weighted by Gasteiger charge is -2.32. The highest BCUT2D eigenvalue weighted by molar-refractivity contribution is 6.33. The van der Waals surface area contributed by atoms with Crippen molar-refractivity contribution in [1.82, 2.24) is 10.2 Å². The fraction of sp³-hybridized carbons (Fsp3) is 0.296. The number of ether oxygens (including phenoxy) is 1. The molecule has 0 bridgehead atoms. The molecular weight excluding hydrogens is 434 g/mol. The molecule has 6 heteroatoms. The van der Waals surface area contributed by atoms with Gasteiger partial charge in [0.15, 0.2) is 0 Å². The Kier molecular flexibility index (Phi) is 7.53. The molecule has 1 fully saturated rings. The van der Waals surface area contributed by atoms with Gasteiger partial charge in [-0.3, -0.25) is 9.69 Å². The summed E-state index contributed by atoms with van der Waals surface area (Å²) in [7, 11) is 1.52. The van der Waals surface area contributed by atoms with E-state index >= 15 is 0 Å². The first-order valence-electron chi connectivity index (χ1n) is 11.3. The zero-order valence-corrected chi connectivity index (χ0v) is 19.6. The van der Waals surface area contributed by atoms with Crippen LogP contribution in [0.2, 0.25) is 5.02 Å². The number of nitrogens with two attached hydrogens (primary N) is 1. The third kappa shape index (κ3) is 5.86. The molecule has 3 aromatic rings. The number of hydrogen-bond acceptors (Lipinski definition) is 4. The fourth-order valence-corrected chi connectivity index (χ4v) is 4.45. The summed E-state index contributed by atoms with van der Waals surface area (Å²) < 4.78 is 5.29. The molecule has 0 atom stereocenters. The largest absolute Gasteiger partial charge is 0.496 e. The standard InChI is InChI=1S/C27H30ClN3O2/c1-33-26-16-25(29)24(28)15-23(26)27(32)30-17-19-11-13-31(14-12-19)18-20-7-9-22(10-8-20)21-5-3-2-4-6-21/h2-10,15-16,19H,11-14,17-18,29H2,1H3,(H,30,32). The SMILES string of the molecule is COc1cc(N)c(Cl)cc1C(=O)NCC1CCN(Cc2ccc(-c3ccccc3)cc2)CC1. The Labute approximate surface area is 200 Å². The maximum absolute atomic E-state index is 12.7. The highest BCUT2D eigenvalue weighted by Crippen LogP contribution is 2.29. The molecule has 3 aromatic carbocycles. The molecule has 5 nitrogen and oxygen atoms in total. The second-order valence-electron chi connectivity index (χ2n) is 8.57. The lowest BCUT2D eigenvalue weighted by molar-refractivity contribution is 0.0932. The number of carbonyl (C=O) groups excluding carboxylic acids is 1. The van der Waals surface area contributed by atoms with Crippen LogP contribution in [0.5, 0.6) is 5.75 Å². The molecule has 0 spiro atoms. The average molecular weight is 464 g/mol. The monoisotopic (exact) mass is 463 g/mol. The van der Waals surface area contributed by atoms with Crippen molar-refractivity contribution in [2.75, 3.05) is 32.5 Å². The normalized spacial score (nSPS) is 14.7. The maximum atomic E-state index is 12.7. The second-order valence-corrected chi connectivity index (χ2v) is 8.97. The summed E-state index contributed by atoms with van der Waals surface area (Å²) in [6.07, 6.45) is 2.12. The minimum Gasteiger partial charge on any atom is -0.496 e. The predicted molar refractivity (Wildman–Crippen MR) is 135 cm³/mol. The predicted octanol–water partition coefficient (Wildman–Crippen LogP) is 5.24. The summed E-state index contributed by atoms with van der Waals surface area (Å²) in [5.74, 6) is 0.707. The van der Waals surface area contributed by atoms with Crippen LogP contribution < -0.4 is 15.8 Å². The van der Waals surface area contributed by atoms with Gasteiger partial charge in [0.2, 0.25) is 0 Å². The Morgan fingerprint density at radius 1 is 1.06 bits per heavy atom. The molecule has 0 radical (unpaired) electrons. The van der Waals surface area contributed by atoms with Gasteiger partial charge in [-0.2, -0.15) is 0 Å². The van der Waals surface area contributed by atoms with Crippen LogP contribution in [0.3, 0.4) is 0 Å². The first kappa shape index (κ1) is 23.1. The number of rotatable bonds is 7. The first-order valence-corrected chi connectivity index (χ1v) is 11.7. The lowest BCUT2D eigenvalue weighted by atomic mass is 9.96. The van der Waals surface area contributed by atoms with Crippen LogP contribution >= 0.6 is 11.6 Å². The molecule has 1 saturated heterocycles. The van der Waals surface area contributed by atoms with Crippen LogP contribution in [0.1, 0.15) is 28.8 Å². The van der Waals surface area contributed by atoms with Gasteiger partial charge in [-0.15, -0.1) is 0 Å². The van der Waals surface area contributed by atoms with Crippen LogP contribution in [-0.2, 0) is 6.54 Å². The summed E-state index contributed by atoms with van der Waals surface area (Å²) >= 11 is 6.09. The van der Waals surface area contributed by atoms with Crippen molar-refractivity contribution in [3.05, 3.63) is 82.9 Å². The van der Waals surface area contributed by atoms with Gasteiger partial charge >= 0.3 is 0 Å². The van der Waals surface area contributed by atoms with Crippen LogP contribution in [-0.4, -0.2) is 37.6 Å². The zero-order chi connectivity index (χ0) is 23.2. The first-order chi connectivity index (χ1) is 16.0. The molecule has 1 amide bonds. The molecule has 0 unspecified atom stereocenters. The molecular formula is C27H30ClN3O2. The van der Waals surface area contributed by atoms with E-state index in [0.717, 1.165) is 32.5 Å². The number of nitrogens with zero attached hydrogens (tertiary/aromatic N) is 1. The number of anilines is 1. The third-order valence-electron chi connectivity index (χ3n) is 6.29. The molecule has 33 heavy (non-hydrogen) atoms. The number of benzene rings is 3. The van der Waals surface area contributed by atoms with E-state index in [1.165, 1.54) is 23.8 Å². The van der Waals surface area contributed by atoms with E-state index in [1.54, 1.807) is 12.1 Å². The van der Waals surface area contributed by atoms with Gasteiger partial charge in [-0.05, 0) is 54.6 Å². The molecule has 0 aromatic heterocycles. The van der Waals surface area contributed by atoms with E-state index < -0.39 is 0 Å². The molecule has 0 saturated carbocycles. The van der Waals surface area contributed by atoms with Crippen LogP contribution in [0.4, 0.5) is 5.69 Å². The molecule has 1 heterocycles. The van der Waals surface area contributed by atoms with Gasteiger partial charge < -0.3 is 15.8 Å². The summed E-state index contributed by atoms with van der Waals surface area (Å²) in [6.45, 7) is 3.65. The Hall–Kier alpha value is -3.02. The number of piperidine rings is 1. The van der Waals surface area contributed by atoms with Gasteiger partial charge in [0.05, 0.1) is 23.4 Å². The van der Waals surface area contributed by atoms with Gasteiger partial charge in [0, 0.05) is 19.2 Å². The summed E-state index contributed by atoms with van der Waals surface area (Å²) in [6, 6.07) is 22.4. The quantitative estimate of drug-likeness (QED) is 0.470. The van der Waals surface area contributed by atoms with Gasteiger partial charge in [-0.1, -0.05) is 66.2 Å². The van der Waals surface area contributed by atoms with Crippen LogP contribution in [0.25, 0.3) is 11.1 Å². The van der Waals surface area contributed by atoms with Crippen LogP contribution in [0, 0.1) is 5.92 Å². The van der Waals surface area contributed by atoms with E-state index in [9.17, 15) is 4.79 Å². The average Bonchev–Trinajstić information content (AvgIpc) is 2.86. The number of nitrogen functional groups attached to an aromatic ring is 1. The number of hydrogen-bond donors (Lipinski definition) is 2. The zero-order valence-electron chi connectivity index (χ0n) is 18.9. The molecule has 1 aliphatic rings. The summed E-state index contributed by atoms with van der Waals surface area (Å²) in [5, 5.41) is 3.39. The van der Waals surface area contributed by atoms with E-state index in [4.69, 9.17) is 22.1 Å². The maximum Gasteiger partial charge on any atom is 0.255 e. The molecule has 172 valence electrons. The van der Waals surface area contributed by atoms with E-state index in [-0.39, 0.29) is 5.91 Å². The van der Waals surface area contributed by atoms with Crippen molar-refractivity contribution in [1.29, 1.82) is 0 Å². The minimum absolute atomic E-state index is 0.185. The van der Waals surface area contributed by atoms with E-state index in [0.29, 0.717) is 34.5 Å². The Morgan fingerprint density at radius 3 is 2.39 bits per heavy atom. The fourth-order valence-electron chi connectivity index (χ4n) is 4.29. The smallest absolute Gasteiger partial charge is 0.255 e. The highest BCUT2D eigenvalue weighted by Gasteiger charge is 2.21. The van der Waals surface area contributed by atoms with Gasteiger partial charge in [-0.25, -0.2) is 0 Å². The van der Waals surface area contributed by atoms with Crippen molar-refractivity contribution in [2.24, 2.45) is 5.92 Å². The molecule has 3 N–H and O–H groups in total. The Morgan fingerprint density at radius 2 is 1.73 bits per heavy atom.